The molecule has 6 rings (SSSR count). The number of phenols is 1. The maximum atomic E-state index is 12.7. The van der Waals surface area contributed by atoms with Gasteiger partial charge in [-0.05, 0) is 49.1 Å². The number of aromatic hydroxyl groups is 1. The Kier molecular flexibility index (Phi) is 15.5. The highest BCUT2D eigenvalue weighted by molar-refractivity contribution is 7.16. The number of aliphatic hydroxyl groups excluding tert-OH is 1. The third-order valence-corrected chi connectivity index (χ3v) is 11.7. The molecule has 60 heavy (non-hydrogen) atoms. The van der Waals surface area contributed by atoms with E-state index >= 15 is 0 Å². The summed E-state index contributed by atoms with van der Waals surface area (Å²) in [5, 5.41) is 32.4. The summed E-state index contributed by atoms with van der Waals surface area (Å²) in [5.41, 5.74) is 3.93. The van der Waals surface area contributed by atoms with E-state index in [4.69, 9.17) is 37.4 Å². The molecule has 2 atom stereocenters. The Morgan fingerprint density at radius 3 is 2.55 bits per heavy atom. The topological polar surface area (TPSA) is 204 Å². The van der Waals surface area contributed by atoms with Crippen molar-refractivity contribution in [2.24, 2.45) is 0 Å². The van der Waals surface area contributed by atoms with Crippen LogP contribution in [0.3, 0.4) is 0 Å². The summed E-state index contributed by atoms with van der Waals surface area (Å²) >= 11 is 14.1. The van der Waals surface area contributed by atoms with Crippen LogP contribution in [0.25, 0.3) is 21.3 Å². The zero-order valence-electron chi connectivity index (χ0n) is 32.9. The lowest BCUT2D eigenvalue weighted by Crippen LogP contribution is -2.47. The molecule has 0 saturated carbocycles. The molecule has 1 aliphatic heterocycles. The first-order chi connectivity index (χ1) is 28.9. The number of piperidine rings is 1. The summed E-state index contributed by atoms with van der Waals surface area (Å²) in [6, 6.07) is 19.5. The van der Waals surface area contributed by atoms with Gasteiger partial charge < -0.3 is 50.3 Å². The number of hydrogen-bond acceptors (Lipinski definition) is 12. The number of thiazole rings is 1. The minimum Gasteiger partial charge on any atom is -0.506 e. The van der Waals surface area contributed by atoms with Crippen molar-refractivity contribution in [3.05, 3.63) is 105 Å². The van der Waals surface area contributed by atoms with Crippen LogP contribution in [0.1, 0.15) is 37.4 Å². The van der Waals surface area contributed by atoms with Crippen molar-refractivity contribution in [2.75, 3.05) is 58.3 Å². The van der Waals surface area contributed by atoms with Gasteiger partial charge in [-0.25, -0.2) is 9.59 Å². The molecule has 3 aromatic carbocycles. The molecule has 15 nitrogen and oxygen atoms in total. The van der Waals surface area contributed by atoms with Crippen molar-refractivity contribution in [3.63, 3.8) is 0 Å². The molecule has 2 unspecified atom stereocenters. The number of aromatic nitrogens is 1. The Morgan fingerprint density at radius 2 is 1.78 bits per heavy atom. The van der Waals surface area contributed by atoms with Gasteiger partial charge in [-0.1, -0.05) is 89.1 Å². The third kappa shape index (κ3) is 12.0. The van der Waals surface area contributed by atoms with E-state index in [0.717, 1.165) is 22.5 Å². The van der Waals surface area contributed by atoms with Gasteiger partial charge in [-0.15, -0.1) is 0 Å². The summed E-state index contributed by atoms with van der Waals surface area (Å²) in [4.78, 5) is 54.1. The number of amides is 3. The van der Waals surface area contributed by atoms with Gasteiger partial charge >= 0.3 is 17.1 Å². The van der Waals surface area contributed by atoms with Gasteiger partial charge in [0, 0.05) is 62.4 Å². The lowest BCUT2D eigenvalue weighted by molar-refractivity contribution is -0.121. The van der Waals surface area contributed by atoms with Gasteiger partial charge in [-0.3, -0.25) is 14.9 Å². The number of benzene rings is 3. The van der Waals surface area contributed by atoms with Crippen molar-refractivity contribution in [2.45, 2.75) is 48.3 Å². The van der Waals surface area contributed by atoms with Crippen LogP contribution >= 0.6 is 34.5 Å². The zero-order chi connectivity index (χ0) is 42.6. The van der Waals surface area contributed by atoms with Crippen molar-refractivity contribution < 1.29 is 38.8 Å². The minimum absolute atomic E-state index is 0.0382. The van der Waals surface area contributed by atoms with Gasteiger partial charge in [0.25, 0.3) is 0 Å². The molecule has 2 heterocycles. The lowest BCUT2D eigenvalue weighted by Gasteiger charge is -2.31. The maximum Gasteiger partial charge on any atom is 0.411 e. The number of carbonyl (C=O) groups is 3. The third-order valence-electron chi connectivity index (χ3n) is 10.1. The number of alkyl halides is 2. The van der Waals surface area contributed by atoms with E-state index in [1.165, 1.54) is 19.3 Å². The fourth-order valence-corrected chi connectivity index (χ4v) is 8.39. The number of anilines is 1. The second kappa shape index (κ2) is 20.9. The molecule has 0 radical (unpaired) electrons. The summed E-state index contributed by atoms with van der Waals surface area (Å²) in [6.45, 7) is 2.62. The first-order valence-electron chi connectivity index (χ1n) is 19.5. The number of halogens is 2. The Bertz CT molecular complexity index is 2240. The number of methoxy groups -OCH3 is 1. The van der Waals surface area contributed by atoms with Gasteiger partial charge in [0.1, 0.15) is 23.1 Å². The molecule has 2 aliphatic rings. The first kappa shape index (κ1) is 44.5. The first-order valence-corrected chi connectivity index (χ1v) is 21.1. The van der Waals surface area contributed by atoms with Crippen LogP contribution < -0.4 is 26.1 Å². The number of phenolic OH excluding ortho intramolecular Hbond substituents is 1. The summed E-state index contributed by atoms with van der Waals surface area (Å²) < 4.78 is 15.5. The van der Waals surface area contributed by atoms with E-state index in [1.54, 1.807) is 12.1 Å². The standard InChI is InChI=1S/C42H48Cl2N6O9S/c1-57-34-22-35(42(43,44)23-27(34)24-45-25-33(52)30-12-13-32(51)37-38(30)60-41(56)49-37)48-39(54)58-21-7-17-46-36(53)16-20-50-18-14-28(15-19-50)59-40(55)47-31-11-6-5-10-29(31)26-8-3-2-4-9-26/h2-6,8-13,22-23,28,33,35,45,51-52H,7,14-21,24-25H2,1H3,(H,46,53)(H,47,55)(H,48,54)(H,49,56). The van der Waals surface area contributed by atoms with E-state index in [9.17, 15) is 29.4 Å². The molecule has 1 saturated heterocycles. The van der Waals surface area contributed by atoms with Crippen LogP contribution in [0.4, 0.5) is 15.3 Å². The van der Waals surface area contributed by atoms with Crippen LogP contribution in [0, 0.1) is 0 Å². The molecule has 1 aliphatic carbocycles. The number of H-pyrrole nitrogens is 1. The number of alkyl carbamates (subject to hydrolysis) is 1. The second-order valence-electron chi connectivity index (χ2n) is 14.3. The van der Waals surface area contributed by atoms with Crippen LogP contribution in [0.15, 0.2) is 95.0 Å². The van der Waals surface area contributed by atoms with Crippen LogP contribution in [-0.2, 0) is 19.0 Å². The molecule has 18 heteroatoms. The highest BCUT2D eigenvalue weighted by atomic mass is 35.5. The molecule has 320 valence electrons. The Hall–Kier alpha value is -5.10. The lowest BCUT2D eigenvalue weighted by atomic mass is 9.99. The SMILES string of the molecule is COC1=CC(NC(=O)OCCCNC(=O)CCN2CCC(OC(=O)Nc3ccccc3-c3ccccc3)CC2)C(Cl)(Cl)C=C1CNCC(O)c1ccc(O)c2[nH]c(=O)sc12. The molecule has 7 N–H and O–H groups in total. The number of para-hydroxylation sites is 1. The maximum absolute atomic E-state index is 12.7. The predicted molar refractivity (Wildman–Crippen MR) is 232 cm³/mol. The molecule has 0 bridgehead atoms. The monoisotopic (exact) mass is 882 g/mol. The summed E-state index contributed by atoms with van der Waals surface area (Å²) in [5.74, 6) is 0.201. The number of hydrogen-bond donors (Lipinski definition) is 7. The molecule has 0 spiro atoms. The second-order valence-corrected chi connectivity index (χ2v) is 16.7. The van der Waals surface area contributed by atoms with E-state index in [2.05, 4.69) is 31.2 Å². The molecule has 1 aromatic heterocycles. The van der Waals surface area contributed by atoms with E-state index < -0.39 is 28.7 Å². The average molecular weight is 884 g/mol. The number of likely N-dealkylation sites (tertiary alicyclic amines) is 1. The number of ether oxygens (including phenoxy) is 3. The Balaban J connectivity index is 0.837. The van der Waals surface area contributed by atoms with E-state index in [-0.39, 0.29) is 47.8 Å². The number of aliphatic hydroxyl groups is 1. The fraction of sp³-hybridized carbons (Fsp3) is 0.381. The fourth-order valence-electron chi connectivity index (χ4n) is 6.98. The number of nitrogens with zero attached hydrogens (tertiary/aromatic N) is 1. The predicted octanol–water partition coefficient (Wildman–Crippen LogP) is 5.93. The smallest absolute Gasteiger partial charge is 0.411 e. The van der Waals surface area contributed by atoms with Gasteiger partial charge in [0.2, 0.25) is 5.91 Å². The van der Waals surface area contributed by atoms with Crippen molar-refractivity contribution in [1.82, 2.24) is 25.8 Å². The summed E-state index contributed by atoms with van der Waals surface area (Å²) in [6.07, 6.45) is 2.67. The van der Waals surface area contributed by atoms with Gasteiger partial charge in [-0.2, -0.15) is 0 Å². The number of aromatic amines is 1. The van der Waals surface area contributed by atoms with E-state index in [0.29, 0.717) is 79.1 Å². The quantitative estimate of drug-likeness (QED) is 0.0489. The molecule has 1 fully saturated rings. The number of nitrogens with one attached hydrogen (secondary N) is 5. The van der Waals surface area contributed by atoms with Crippen molar-refractivity contribution in [1.29, 1.82) is 0 Å². The summed E-state index contributed by atoms with van der Waals surface area (Å²) in [7, 11) is 1.46. The largest absolute Gasteiger partial charge is 0.506 e. The molecular weight excluding hydrogens is 835 g/mol. The number of carbonyl (C=O) groups excluding carboxylic acids is 3. The Morgan fingerprint density at radius 1 is 1.03 bits per heavy atom. The van der Waals surface area contributed by atoms with E-state index in [1.807, 2.05) is 54.6 Å². The van der Waals surface area contributed by atoms with Crippen molar-refractivity contribution in [3.8, 4) is 16.9 Å². The minimum atomic E-state index is -1.56. The highest BCUT2D eigenvalue weighted by Gasteiger charge is 2.38. The Labute approximate surface area is 360 Å². The number of rotatable bonds is 17. The molecular formula is C42H48Cl2N6O9S. The highest BCUT2D eigenvalue weighted by Crippen LogP contribution is 2.36. The zero-order valence-corrected chi connectivity index (χ0v) is 35.2. The van der Waals surface area contributed by atoms with Crippen LogP contribution in [-0.4, -0.2) is 108 Å². The average Bonchev–Trinajstić information content (AvgIpc) is 3.64. The van der Waals surface area contributed by atoms with Crippen molar-refractivity contribution >= 4 is 68.5 Å². The van der Waals surface area contributed by atoms with Gasteiger partial charge in [0.15, 0.2) is 4.33 Å². The molecule has 3 amide bonds. The van der Waals surface area contributed by atoms with Crippen LogP contribution in [0.2, 0.25) is 0 Å². The van der Waals surface area contributed by atoms with Gasteiger partial charge in [0.05, 0.1) is 36.2 Å². The molecule has 4 aromatic rings. The normalized spacial score (nSPS) is 17.2. The number of fused-ring (bicyclic) bond motifs is 1. The van der Waals surface area contributed by atoms with Crippen LogP contribution in [0.5, 0.6) is 5.75 Å².